The van der Waals surface area contributed by atoms with Gasteiger partial charge in [0.25, 0.3) is 0 Å². The Hall–Kier alpha value is -1.02. The molecule has 0 aliphatic heterocycles. The van der Waals surface area contributed by atoms with Gasteiger partial charge in [0.1, 0.15) is 5.75 Å². The zero-order valence-electron chi connectivity index (χ0n) is 16.4. The number of hydrogen-bond acceptors (Lipinski definition) is 2. The van der Waals surface area contributed by atoms with Crippen LogP contribution in [0.25, 0.3) is 0 Å². The van der Waals surface area contributed by atoms with E-state index in [1.165, 1.54) is 89.0 Å². The summed E-state index contributed by atoms with van der Waals surface area (Å²) in [4.78, 5) is 0. The van der Waals surface area contributed by atoms with Crippen LogP contribution in [0.5, 0.6) is 5.75 Å². The van der Waals surface area contributed by atoms with Crippen LogP contribution < -0.4 is 4.74 Å². The van der Waals surface area contributed by atoms with Crippen molar-refractivity contribution in [2.24, 2.45) is 0 Å². The fraction of sp³-hybridized carbons (Fsp3) is 0.750. The van der Waals surface area contributed by atoms with E-state index in [1.54, 1.807) is 0 Å². The van der Waals surface area contributed by atoms with E-state index >= 15 is 0 Å². The molecule has 1 aromatic rings. The van der Waals surface area contributed by atoms with Crippen LogP contribution in [-0.2, 0) is 4.74 Å². The summed E-state index contributed by atoms with van der Waals surface area (Å²) in [5, 5.41) is 0. The lowest BCUT2D eigenvalue weighted by Gasteiger charge is -2.41. The Kier molecular flexibility index (Phi) is 6.20. The summed E-state index contributed by atoms with van der Waals surface area (Å²) in [6, 6.07) is 8.83. The van der Waals surface area contributed by atoms with Crippen LogP contribution in [0, 0.1) is 0 Å². The summed E-state index contributed by atoms with van der Waals surface area (Å²) < 4.78 is 13.6. The maximum atomic E-state index is 6.81. The molecule has 26 heavy (non-hydrogen) atoms. The molecule has 4 rings (SSSR count). The van der Waals surface area contributed by atoms with Crippen molar-refractivity contribution in [1.29, 1.82) is 0 Å². The lowest BCUT2D eigenvalue weighted by atomic mass is 9.83. The molecule has 0 N–H and O–H groups in total. The van der Waals surface area contributed by atoms with E-state index in [1.807, 2.05) is 0 Å². The fourth-order valence-corrected chi connectivity index (χ4v) is 5.35. The van der Waals surface area contributed by atoms with Crippen LogP contribution in [0.2, 0.25) is 0 Å². The Morgan fingerprint density at radius 2 is 1.31 bits per heavy atom. The van der Waals surface area contributed by atoms with Crippen molar-refractivity contribution in [2.75, 3.05) is 0 Å². The second-order valence-corrected chi connectivity index (χ2v) is 8.82. The molecule has 0 aromatic heterocycles. The molecular weight excluding hydrogens is 320 g/mol. The van der Waals surface area contributed by atoms with E-state index in [4.69, 9.17) is 9.47 Å². The van der Waals surface area contributed by atoms with Crippen LogP contribution in [0.4, 0.5) is 0 Å². The van der Waals surface area contributed by atoms with Crippen molar-refractivity contribution in [2.45, 2.75) is 114 Å². The fourth-order valence-electron chi connectivity index (χ4n) is 5.35. The zero-order chi connectivity index (χ0) is 17.7. The lowest BCUT2D eigenvalue weighted by molar-refractivity contribution is -0.232. The predicted octanol–water partition coefficient (Wildman–Crippen LogP) is 7.12. The highest BCUT2D eigenvalue weighted by Gasteiger charge is 2.39. The van der Waals surface area contributed by atoms with Gasteiger partial charge in [-0.1, -0.05) is 63.1 Å². The van der Waals surface area contributed by atoms with Gasteiger partial charge in [-0.2, -0.15) is 0 Å². The van der Waals surface area contributed by atoms with Crippen LogP contribution in [-0.4, -0.2) is 11.9 Å². The minimum atomic E-state index is -0.370. The minimum absolute atomic E-state index is 0.370. The van der Waals surface area contributed by atoms with Gasteiger partial charge in [-0.15, -0.1) is 0 Å². The third-order valence-corrected chi connectivity index (χ3v) is 6.81. The second kappa shape index (κ2) is 8.78. The molecule has 0 spiro atoms. The van der Waals surface area contributed by atoms with E-state index < -0.39 is 0 Å². The molecule has 0 saturated heterocycles. The normalized spacial score (nSPS) is 25.1. The molecule has 3 fully saturated rings. The largest absolute Gasteiger partial charge is 0.462 e. The molecule has 0 radical (unpaired) electrons. The second-order valence-electron chi connectivity index (χ2n) is 8.82. The van der Waals surface area contributed by atoms with Crippen LogP contribution in [0.1, 0.15) is 108 Å². The molecule has 3 aliphatic rings. The number of benzene rings is 1. The van der Waals surface area contributed by atoms with Gasteiger partial charge in [0.05, 0.1) is 6.10 Å². The van der Waals surface area contributed by atoms with Gasteiger partial charge in [0.15, 0.2) is 0 Å². The summed E-state index contributed by atoms with van der Waals surface area (Å²) in [7, 11) is 0. The topological polar surface area (TPSA) is 18.5 Å². The first-order valence-corrected chi connectivity index (χ1v) is 11.3. The van der Waals surface area contributed by atoms with Crippen LogP contribution in [0.3, 0.4) is 0 Å². The highest BCUT2D eigenvalue weighted by atomic mass is 16.7. The first-order valence-electron chi connectivity index (χ1n) is 11.3. The van der Waals surface area contributed by atoms with Gasteiger partial charge in [0.2, 0.25) is 5.79 Å². The standard InChI is InChI=1S/C24H36O2/c1-4-12-20(13-5-1)22-16-8-9-17-23(22)26-24(18-10-3-11-19-24)25-21-14-6-2-7-15-21/h8-9,16-17,20-21H,1-7,10-15,18-19H2. The molecule has 3 saturated carbocycles. The average Bonchev–Trinajstić information content (AvgIpc) is 2.70. The van der Waals surface area contributed by atoms with Crippen molar-refractivity contribution in [3.8, 4) is 5.75 Å². The molecule has 2 nitrogen and oxygen atoms in total. The van der Waals surface area contributed by atoms with Gasteiger partial charge in [-0.3, -0.25) is 0 Å². The summed E-state index contributed by atoms with van der Waals surface area (Å²) in [6.45, 7) is 0. The van der Waals surface area contributed by atoms with Crippen molar-refractivity contribution in [1.82, 2.24) is 0 Å². The molecular formula is C24H36O2. The molecule has 0 atom stereocenters. The SMILES string of the molecule is c1ccc(C2CCCCC2)c(OC2(OC3CCCCC3)CCCCC2)c1. The molecule has 0 heterocycles. The molecule has 0 amide bonds. The van der Waals surface area contributed by atoms with Crippen LogP contribution in [0.15, 0.2) is 24.3 Å². The minimum Gasteiger partial charge on any atom is -0.462 e. The third kappa shape index (κ3) is 4.44. The van der Waals surface area contributed by atoms with Crippen molar-refractivity contribution >= 4 is 0 Å². The average molecular weight is 357 g/mol. The number of ether oxygens (including phenoxy) is 2. The maximum absolute atomic E-state index is 6.81. The Balaban J connectivity index is 1.53. The monoisotopic (exact) mass is 356 g/mol. The van der Waals surface area contributed by atoms with Crippen molar-refractivity contribution < 1.29 is 9.47 Å². The Labute approximate surface area is 159 Å². The van der Waals surface area contributed by atoms with Crippen molar-refractivity contribution in [3.05, 3.63) is 29.8 Å². The summed E-state index contributed by atoms with van der Waals surface area (Å²) in [5.41, 5.74) is 1.43. The first-order chi connectivity index (χ1) is 12.8. The van der Waals surface area contributed by atoms with Crippen molar-refractivity contribution in [3.63, 3.8) is 0 Å². The maximum Gasteiger partial charge on any atom is 0.210 e. The molecule has 3 aliphatic carbocycles. The molecule has 144 valence electrons. The quantitative estimate of drug-likeness (QED) is 0.523. The number of rotatable bonds is 5. The molecule has 0 unspecified atom stereocenters. The highest BCUT2D eigenvalue weighted by Crippen LogP contribution is 2.42. The van der Waals surface area contributed by atoms with Gasteiger partial charge in [-0.25, -0.2) is 0 Å². The Morgan fingerprint density at radius 3 is 2.04 bits per heavy atom. The number of para-hydroxylation sites is 1. The Bertz CT molecular complexity index is 549. The smallest absolute Gasteiger partial charge is 0.210 e. The summed E-state index contributed by atoms with van der Waals surface area (Å²) in [5.74, 6) is 1.41. The van der Waals surface area contributed by atoms with Gasteiger partial charge < -0.3 is 9.47 Å². The Morgan fingerprint density at radius 1 is 0.692 bits per heavy atom. The lowest BCUT2D eigenvalue weighted by Crippen LogP contribution is -2.44. The van der Waals surface area contributed by atoms with Gasteiger partial charge in [-0.05, 0) is 56.1 Å². The van der Waals surface area contributed by atoms with E-state index in [9.17, 15) is 0 Å². The van der Waals surface area contributed by atoms with Crippen LogP contribution >= 0.6 is 0 Å². The first kappa shape index (κ1) is 18.3. The van der Waals surface area contributed by atoms with E-state index in [-0.39, 0.29) is 5.79 Å². The zero-order valence-corrected chi connectivity index (χ0v) is 16.4. The van der Waals surface area contributed by atoms with E-state index in [0.717, 1.165) is 18.6 Å². The van der Waals surface area contributed by atoms with Gasteiger partial charge >= 0.3 is 0 Å². The third-order valence-electron chi connectivity index (χ3n) is 6.81. The van der Waals surface area contributed by atoms with E-state index in [0.29, 0.717) is 12.0 Å². The summed E-state index contributed by atoms with van der Waals surface area (Å²) in [6.07, 6.45) is 19.5. The molecule has 1 aromatic carbocycles. The molecule has 2 heteroatoms. The highest BCUT2D eigenvalue weighted by molar-refractivity contribution is 5.37. The van der Waals surface area contributed by atoms with Gasteiger partial charge in [0, 0.05) is 12.8 Å². The molecule has 0 bridgehead atoms. The predicted molar refractivity (Wildman–Crippen MR) is 107 cm³/mol. The summed E-state index contributed by atoms with van der Waals surface area (Å²) >= 11 is 0. The van der Waals surface area contributed by atoms with E-state index in [2.05, 4.69) is 24.3 Å². The number of hydrogen-bond donors (Lipinski definition) is 0.